The molecule has 1 N–H and O–H groups in total. The summed E-state index contributed by atoms with van der Waals surface area (Å²) in [4.78, 5) is 23.6. The summed E-state index contributed by atoms with van der Waals surface area (Å²) in [6.07, 6.45) is 9.68. The molecule has 0 heterocycles. The predicted molar refractivity (Wildman–Crippen MR) is 111 cm³/mol. The smallest absolute Gasteiger partial charge is 0.305 e. The van der Waals surface area contributed by atoms with Gasteiger partial charge in [0.05, 0.1) is 6.61 Å². The van der Waals surface area contributed by atoms with E-state index >= 15 is 0 Å². The van der Waals surface area contributed by atoms with Gasteiger partial charge in [-0.2, -0.15) is 0 Å². The maximum atomic E-state index is 11.9. The lowest BCUT2D eigenvalue weighted by Crippen LogP contribution is -2.27. The van der Waals surface area contributed by atoms with E-state index in [4.69, 9.17) is 4.74 Å². The number of rotatable bonds is 15. The van der Waals surface area contributed by atoms with Gasteiger partial charge in [-0.1, -0.05) is 82.7 Å². The van der Waals surface area contributed by atoms with Crippen LogP contribution >= 0.6 is 0 Å². The zero-order chi connectivity index (χ0) is 19.7. The summed E-state index contributed by atoms with van der Waals surface area (Å²) in [5.41, 5.74) is 1.21. The number of esters is 1. The highest BCUT2D eigenvalue weighted by atomic mass is 16.5. The number of nitrogens with one attached hydrogen (secondary N) is 1. The zero-order valence-electron chi connectivity index (χ0n) is 17.2. The van der Waals surface area contributed by atoms with Crippen molar-refractivity contribution in [2.45, 2.75) is 84.0 Å². The fourth-order valence-electron chi connectivity index (χ4n) is 2.97. The normalized spacial score (nSPS) is 11.8. The van der Waals surface area contributed by atoms with Crippen LogP contribution in [-0.4, -0.2) is 25.0 Å². The summed E-state index contributed by atoms with van der Waals surface area (Å²) in [5, 5.41) is 2.94. The molecule has 1 atom stereocenters. The van der Waals surface area contributed by atoms with E-state index in [1.165, 1.54) is 37.7 Å². The number of benzene rings is 1. The van der Waals surface area contributed by atoms with Gasteiger partial charge in [-0.15, -0.1) is 0 Å². The molecular weight excluding hydrogens is 338 g/mol. The Bertz CT molecular complexity index is 516. The second-order valence-electron chi connectivity index (χ2n) is 7.31. The third-order valence-electron chi connectivity index (χ3n) is 4.77. The topological polar surface area (TPSA) is 55.4 Å². The molecule has 0 spiro atoms. The van der Waals surface area contributed by atoms with Crippen LogP contribution in [0.4, 0.5) is 0 Å². The largest absolute Gasteiger partial charge is 0.466 e. The van der Waals surface area contributed by atoms with E-state index in [2.05, 4.69) is 31.3 Å². The van der Waals surface area contributed by atoms with Gasteiger partial charge < -0.3 is 10.1 Å². The average molecular weight is 376 g/mol. The molecule has 4 heteroatoms. The van der Waals surface area contributed by atoms with Gasteiger partial charge in [-0.25, -0.2) is 0 Å². The number of ether oxygens (including phenoxy) is 1. The maximum Gasteiger partial charge on any atom is 0.305 e. The highest BCUT2D eigenvalue weighted by Crippen LogP contribution is 2.13. The molecule has 0 aliphatic rings. The molecule has 0 saturated carbocycles. The Morgan fingerprint density at radius 1 is 0.926 bits per heavy atom. The first-order valence-corrected chi connectivity index (χ1v) is 10.6. The summed E-state index contributed by atoms with van der Waals surface area (Å²) >= 11 is 0. The average Bonchev–Trinajstić information content (AvgIpc) is 2.69. The molecule has 0 aliphatic heterocycles. The third-order valence-corrected chi connectivity index (χ3v) is 4.77. The molecule has 0 radical (unpaired) electrons. The number of amides is 1. The van der Waals surface area contributed by atoms with E-state index in [0.717, 1.165) is 12.8 Å². The zero-order valence-corrected chi connectivity index (χ0v) is 17.2. The number of carbonyl (C=O) groups is 2. The second kappa shape index (κ2) is 15.2. The highest BCUT2D eigenvalue weighted by Gasteiger charge is 2.09. The lowest BCUT2D eigenvalue weighted by molar-refractivity contribution is -0.143. The number of hydrogen-bond acceptors (Lipinski definition) is 3. The Morgan fingerprint density at radius 3 is 2.30 bits per heavy atom. The van der Waals surface area contributed by atoms with Crippen LogP contribution in [0.25, 0.3) is 0 Å². The molecule has 1 aromatic carbocycles. The molecule has 0 saturated heterocycles. The van der Waals surface area contributed by atoms with E-state index in [1.807, 2.05) is 18.2 Å². The standard InChI is InChI=1S/C23H37NO3/c1-3-4-5-6-7-8-12-18-27-23(26)17-13-16-22(25)24-19-20(2)21-14-10-9-11-15-21/h9-11,14-15,20H,3-8,12-13,16-19H2,1-2H3,(H,24,25). The molecular formula is C23H37NO3. The van der Waals surface area contributed by atoms with E-state index < -0.39 is 0 Å². The highest BCUT2D eigenvalue weighted by molar-refractivity contribution is 5.77. The van der Waals surface area contributed by atoms with Crippen molar-refractivity contribution in [1.29, 1.82) is 0 Å². The van der Waals surface area contributed by atoms with Crippen molar-refractivity contribution in [3.63, 3.8) is 0 Å². The van der Waals surface area contributed by atoms with Crippen LogP contribution in [-0.2, 0) is 14.3 Å². The Kier molecular flexibility index (Phi) is 13.1. The van der Waals surface area contributed by atoms with E-state index in [9.17, 15) is 9.59 Å². The first kappa shape index (κ1) is 23.2. The minimum absolute atomic E-state index is 0.00217. The molecule has 27 heavy (non-hydrogen) atoms. The molecule has 1 unspecified atom stereocenters. The second-order valence-corrected chi connectivity index (χ2v) is 7.31. The van der Waals surface area contributed by atoms with Crippen molar-refractivity contribution in [1.82, 2.24) is 5.32 Å². The van der Waals surface area contributed by atoms with Crippen LogP contribution in [0.1, 0.15) is 89.5 Å². The lowest BCUT2D eigenvalue weighted by Gasteiger charge is -2.13. The van der Waals surface area contributed by atoms with Gasteiger partial charge in [0, 0.05) is 19.4 Å². The molecule has 1 rings (SSSR count). The minimum atomic E-state index is -0.188. The Labute approximate surface area is 165 Å². The van der Waals surface area contributed by atoms with Crippen LogP contribution in [0.3, 0.4) is 0 Å². The van der Waals surface area contributed by atoms with Crippen LogP contribution in [0.2, 0.25) is 0 Å². The number of carbonyl (C=O) groups excluding carboxylic acids is 2. The van der Waals surface area contributed by atoms with Crippen molar-refractivity contribution in [2.24, 2.45) is 0 Å². The summed E-state index contributed by atoms with van der Waals surface area (Å²) in [6, 6.07) is 10.1. The predicted octanol–water partition coefficient (Wildman–Crippen LogP) is 5.37. The number of unbranched alkanes of at least 4 members (excludes halogenated alkanes) is 6. The van der Waals surface area contributed by atoms with Crippen molar-refractivity contribution < 1.29 is 14.3 Å². The quantitative estimate of drug-likeness (QED) is 0.331. The Morgan fingerprint density at radius 2 is 1.59 bits per heavy atom. The number of hydrogen-bond donors (Lipinski definition) is 1. The van der Waals surface area contributed by atoms with Crippen molar-refractivity contribution >= 4 is 11.9 Å². The van der Waals surface area contributed by atoms with Crippen LogP contribution in [0, 0.1) is 0 Å². The summed E-state index contributed by atoms with van der Waals surface area (Å²) < 4.78 is 5.24. The maximum absolute atomic E-state index is 11.9. The van der Waals surface area contributed by atoms with Gasteiger partial charge in [-0.05, 0) is 24.3 Å². The van der Waals surface area contributed by atoms with Gasteiger partial charge in [0.2, 0.25) is 5.91 Å². The fraction of sp³-hybridized carbons (Fsp3) is 0.652. The molecule has 1 amide bonds. The third kappa shape index (κ3) is 12.2. The van der Waals surface area contributed by atoms with E-state index in [0.29, 0.717) is 32.4 Å². The summed E-state index contributed by atoms with van der Waals surface area (Å²) in [7, 11) is 0. The molecule has 0 aliphatic carbocycles. The molecule has 4 nitrogen and oxygen atoms in total. The SMILES string of the molecule is CCCCCCCCCOC(=O)CCCC(=O)NCC(C)c1ccccc1. The summed E-state index contributed by atoms with van der Waals surface area (Å²) in [6.45, 7) is 5.43. The monoisotopic (exact) mass is 375 g/mol. The van der Waals surface area contributed by atoms with Gasteiger partial charge in [0.25, 0.3) is 0 Å². The van der Waals surface area contributed by atoms with Crippen LogP contribution in [0.5, 0.6) is 0 Å². The lowest BCUT2D eigenvalue weighted by atomic mass is 10.0. The molecule has 0 aromatic heterocycles. The molecule has 0 bridgehead atoms. The van der Waals surface area contributed by atoms with Crippen molar-refractivity contribution in [3.8, 4) is 0 Å². The first-order valence-electron chi connectivity index (χ1n) is 10.6. The Hall–Kier alpha value is -1.84. The Balaban J connectivity index is 1.98. The minimum Gasteiger partial charge on any atom is -0.466 e. The fourth-order valence-corrected chi connectivity index (χ4v) is 2.97. The van der Waals surface area contributed by atoms with Gasteiger partial charge in [0.15, 0.2) is 0 Å². The van der Waals surface area contributed by atoms with Crippen molar-refractivity contribution in [2.75, 3.05) is 13.2 Å². The van der Waals surface area contributed by atoms with Crippen LogP contribution in [0.15, 0.2) is 30.3 Å². The molecule has 1 aromatic rings. The molecule has 0 fully saturated rings. The first-order chi connectivity index (χ1) is 13.1. The van der Waals surface area contributed by atoms with Crippen molar-refractivity contribution in [3.05, 3.63) is 35.9 Å². The van der Waals surface area contributed by atoms with Gasteiger partial charge in [-0.3, -0.25) is 9.59 Å². The van der Waals surface area contributed by atoms with E-state index in [-0.39, 0.29) is 17.8 Å². The summed E-state index contributed by atoms with van der Waals surface area (Å²) in [5.74, 6) is 0.0891. The van der Waals surface area contributed by atoms with Crippen LogP contribution < -0.4 is 5.32 Å². The van der Waals surface area contributed by atoms with Gasteiger partial charge >= 0.3 is 5.97 Å². The molecule has 152 valence electrons. The van der Waals surface area contributed by atoms with E-state index in [1.54, 1.807) is 0 Å². The van der Waals surface area contributed by atoms with Gasteiger partial charge in [0.1, 0.15) is 0 Å².